The number of nitrogens with one attached hydrogen (secondary N) is 1. The predicted molar refractivity (Wildman–Crippen MR) is 155 cm³/mol. The molecule has 0 radical (unpaired) electrons. The van der Waals surface area contributed by atoms with Crippen LogP contribution in [0.5, 0.6) is 0 Å². The van der Waals surface area contributed by atoms with E-state index in [0.717, 1.165) is 52.3 Å². The van der Waals surface area contributed by atoms with Crippen molar-refractivity contribution in [1.29, 1.82) is 0 Å². The molecule has 1 aliphatic heterocycles. The zero-order valence-electron chi connectivity index (χ0n) is 24.1. The average molecular weight is 598 g/mol. The summed E-state index contributed by atoms with van der Waals surface area (Å²) in [7, 11) is 0. The number of nitrogens with two attached hydrogens (primary N) is 1. The smallest absolute Gasteiger partial charge is 0.351 e. The minimum Gasteiger partial charge on any atom is -0.351 e. The van der Waals surface area contributed by atoms with Gasteiger partial charge in [-0.25, -0.2) is 18.3 Å². The second kappa shape index (κ2) is 11.8. The van der Waals surface area contributed by atoms with Crippen LogP contribution in [-0.2, 0) is 38.5 Å². The Morgan fingerprint density at radius 1 is 1.00 bits per heavy atom. The number of hydrogen-bond donors (Lipinski definition) is 2. The Hall–Kier alpha value is -4.25. The molecule has 3 N–H and O–H groups in total. The summed E-state index contributed by atoms with van der Waals surface area (Å²) in [5.41, 5.74) is 9.92. The third-order valence-electron chi connectivity index (χ3n) is 7.92. The number of primary amides is 1. The lowest BCUT2D eigenvalue weighted by Gasteiger charge is -2.28. The van der Waals surface area contributed by atoms with E-state index in [-0.39, 0.29) is 11.3 Å². The van der Waals surface area contributed by atoms with Gasteiger partial charge in [-0.15, -0.1) is 0 Å². The molecular formula is C32H32F5N5O. The van der Waals surface area contributed by atoms with Crippen LogP contribution in [0.15, 0.2) is 48.5 Å². The van der Waals surface area contributed by atoms with E-state index in [1.807, 2.05) is 32.0 Å². The van der Waals surface area contributed by atoms with Crippen LogP contribution in [0.1, 0.15) is 52.9 Å². The number of alkyl halides is 3. The predicted octanol–water partition coefficient (Wildman–Crippen LogP) is 7.32. The highest BCUT2D eigenvalue weighted by molar-refractivity contribution is 5.88. The van der Waals surface area contributed by atoms with E-state index >= 15 is 8.78 Å². The minimum atomic E-state index is -4.43. The van der Waals surface area contributed by atoms with Crippen molar-refractivity contribution in [3.63, 3.8) is 0 Å². The van der Waals surface area contributed by atoms with Crippen LogP contribution < -0.4 is 11.1 Å². The van der Waals surface area contributed by atoms with Gasteiger partial charge in [-0.2, -0.15) is 18.3 Å². The van der Waals surface area contributed by atoms with E-state index in [1.54, 1.807) is 11.6 Å². The van der Waals surface area contributed by atoms with Gasteiger partial charge in [-0.1, -0.05) is 38.1 Å². The summed E-state index contributed by atoms with van der Waals surface area (Å²) in [6.07, 6.45) is -2.55. The van der Waals surface area contributed by atoms with Crippen LogP contribution >= 0.6 is 0 Å². The van der Waals surface area contributed by atoms with E-state index in [0.29, 0.717) is 55.7 Å². The van der Waals surface area contributed by atoms with Crippen LogP contribution in [0.4, 0.5) is 32.4 Å². The summed E-state index contributed by atoms with van der Waals surface area (Å²) in [6.45, 7) is 6.96. The molecular weight excluding hydrogens is 565 g/mol. The number of urea groups is 1. The summed E-state index contributed by atoms with van der Waals surface area (Å²) in [5.74, 6) is -1.62. The Bertz CT molecular complexity index is 1670. The molecule has 6 nitrogen and oxygen atoms in total. The SMILES string of the molecule is CCc1cccc(CC)c1-n1nc2c(c1-c1cc(F)c(NC(N)=O)cc1F)CN(Cc1ccc(C(F)(F)F)cc1C)CC2. The summed E-state index contributed by atoms with van der Waals surface area (Å²) >= 11 is 0. The number of anilines is 1. The molecule has 4 aromatic rings. The van der Waals surface area contributed by atoms with Gasteiger partial charge in [0.1, 0.15) is 11.6 Å². The molecule has 5 rings (SSSR count). The van der Waals surface area contributed by atoms with Crippen molar-refractivity contribution < 1.29 is 26.7 Å². The zero-order chi connectivity index (χ0) is 31.1. The number of halogens is 5. The third-order valence-corrected chi connectivity index (χ3v) is 7.92. The molecule has 0 atom stereocenters. The van der Waals surface area contributed by atoms with Gasteiger partial charge < -0.3 is 11.1 Å². The van der Waals surface area contributed by atoms with E-state index in [1.165, 1.54) is 6.07 Å². The molecule has 0 saturated heterocycles. The Balaban J connectivity index is 1.63. The lowest BCUT2D eigenvalue weighted by molar-refractivity contribution is -0.137. The van der Waals surface area contributed by atoms with Gasteiger partial charge in [-0.05, 0) is 60.2 Å². The van der Waals surface area contributed by atoms with Crippen molar-refractivity contribution >= 4 is 11.7 Å². The van der Waals surface area contributed by atoms with Gasteiger partial charge in [0.15, 0.2) is 0 Å². The van der Waals surface area contributed by atoms with Crippen molar-refractivity contribution in [2.75, 3.05) is 11.9 Å². The number of benzene rings is 3. The third kappa shape index (κ3) is 5.99. The highest BCUT2D eigenvalue weighted by Gasteiger charge is 2.32. The number of rotatable bonds is 7. The molecule has 226 valence electrons. The van der Waals surface area contributed by atoms with Crippen LogP contribution in [0, 0.1) is 18.6 Å². The van der Waals surface area contributed by atoms with Crippen LogP contribution in [0.25, 0.3) is 16.9 Å². The largest absolute Gasteiger partial charge is 0.416 e. The van der Waals surface area contributed by atoms with Crippen LogP contribution in [0.3, 0.4) is 0 Å². The van der Waals surface area contributed by atoms with Crippen LogP contribution in [-0.4, -0.2) is 27.3 Å². The van der Waals surface area contributed by atoms with Crippen molar-refractivity contribution in [3.05, 3.63) is 99.2 Å². The van der Waals surface area contributed by atoms with Crippen LogP contribution in [0.2, 0.25) is 0 Å². The first kappa shape index (κ1) is 30.2. The summed E-state index contributed by atoms with van der Waals surface area (Å²) in [5, 5.41) is 7.05. The number of amides is 2. The molecule has 0 spiro atoms. The van der Waals surface area contributed by atoms with Crippen molar-refractivity contribution in [2.24, 2.45) is 5.73 Å². The Labute approximate surface area is 246 Å². The number of para-hydroxylation sites is 1. The molecule has 2 amide bonds. The second-order valence-corrected chi connectivity index (χ2v) is 10.7. The molecule has 0 fully saturated rings. The van der Waals surface area contributed by atoms with Gasteiger partial charge in [0.25, 0.3) is 0 Å². The minimum absolute atomic E-state index is 0.0261. The maximum atomic E-state index is 15.8. The number of fused-ring (bicyclic) bond motifs is 1. The summed E-state index contributed by atoms with van der Waals surface area (Å²) < 4.78 is 72.4. The Morgan fingerprint density at radius 3 is 2.30 bits per heavy atom. The highest BCUT2D eigenvalue weighted by atomic mass is 19.4. The molecule has 3 aromatic carbocycles. The molecule has 1 aliphatic rings. The topological polar surface area (TPSA) is 76.2 Å². The van der Waals surface area contributed by atoms with E-state index < -0.39 is 29.4 Å². The second-order valence-electron chi connectivity index (χ2n) is 10.7. The van der Waals surface area contributed by atoms with Gasteiger partial charge in [0, 0.05) is 43.2 Å². The van der Waals surface area contributed by atoms with E-state index in [4.69, 9.17) is 10.8 Å². The first-order valence-corrected chi connectivity index (χ1v) is 14.1. The van der Waals surface area contributed by atoms with E-state index in [9.17, 15) is 18.0 Å². The average Bonchev–Trinajstić information content (AvgIpc) is 3.32. The molecule has 43 heavy (non-hydrogen) atoms. The molecule has 0 unspecified atom stereocenters. The molecule has 1 aromatic heterocycles. The van der Waals surface area contributed by atoms with Crippen molar-refractivity contribution in [1.82, 2.24) is 14.7 Å². The Kier molecular flexibility index (Phi) is 8.29. The fourth-order valence-electron chi connectivity index (χ4n) is 5.74. The van der Waals surface area contributed by atoms with Gasteiger partial charge >= 0.3 is 12.2 Å². The fraction of sp³-hybridized carbons (Fsp3) is 0.312. The number of aromatic nitrogens is 2. The maximum absolute atomic E-state index is 15.8. The monoisotopic (exact) mass is 597 g/mol. The first-order valence-electron chi connectivity index (χ1n) is 14.1. The van der Waals surface area contributed by atoms with Crippen molar-refractivity contribution in [3.8, 4) is 16.9 Å². The molecule has 0 aliphatic carbocycles. The molecule has 0 saturated carbocycles. The molecule has 2 heterocycles. The van der Waals surface area contributed by atoms with Gasteiger partial charge in [0.05, 0.1) is 28.3 Å². The number of carbonyl (C=O) groups is 1. The highest BCUT2D eigenvalue weighted by Crippen LogP contribution is 2.38. The lowest BCUT2D eigenvalue weighted by atomic mass is 9.97. The number of nitrogens with zero attached hydrogens (tertiary/aromatic N) is 3. The summed E-state index contributed by atoms with van der Waals surface area (Å²) in [4.78, 5) is 13.4. The molecule has 0 bridgehead atoms. The standard InChI is InChI=1S/C32H32F5N5O/c1-4-19-7-6-8-20(5-2)29(19)42-30(23-14-26(34)28(15-25(23)33)39-31(38)43)24-17-41(12-11-27(24)40-42)16-21-9-10-22(13-18(21)3)32(35,36)37/h6-10,13-15H,4-5,11-12,16-17H2,1-3H3,(H3,38,39,43). The van der Waals surface area contributed by atoms with Crippen molar-refractivity contribution in [2.45, 2.75) is 59.3 Å². The Morgan fingerprint density at radius 2 is 1.70 bits per heavy atom. The normalized spacial score (nSPS) is 13.7. The first-order chi connectivity index (χ1) is 20.4. The quantitative estimate of drug-likeness (QED) is 0.219. The number of aryl methyl sites for hydroxylation is 3. The number of carbonyl (C=O) groups excluding carboxylic acids is 1. The lowest BCUT2D eigenvalue weighted by Crippen LogP contribution is -2.30. The number of hydrogen-bond acceptors (Lipinski definition) is 3. The molecule has 11 heteroatoms. The summed E-state index contributed by atoms with van der Waals surface area (Å²) in [6, 6.07) is 10.5. The van der Waals surface area contributed by atoms with Gasteiger partial charge in [-0.3, -0.25) is 4.90 Å². The maximum Gasteiger partial charge on any atom is 0.416 e. The zero-order valence-corrected chi connectivity index (χ0v) is 24.1. The fourth-order valence-corrected chi connectivity index (χ4v) is 5.74. The van der Waals surface area contributed by atoms with E-state index in [2.05, 4.69) is 10.2 Å². The van der Waals surface area contributed by atoms with Gasteiger partial charge in [0.2, 0.25) is 0 Å².